The fraction of sp³-hybridized carbons (Fsp3) is 0.385. The Bertz CT molecular complexity index is 432. The molecule has 1 amide bonds. The second-order valence-electron chi connectivity index (χ2n) is 4.24. The van der Waals surface area contributed by atoms with Crippen LogP contribution in [0.15, 0.2) is 30.3 Å². The zero-order valence-electron chi connectivity index (χ0n) is 10.1. The van der Waals surface area contributed by atoms with E-state index in [1.165, 1.54) is 0 Å². The normalized spacial score (nSPS) is 22.4. The fourth-order valence-corrected chi connectivity index (χ4v) is 1.78. The molecule has 1 aliphatic rings. The van der Waals surface area contributed by atoms with E-state index in [1.54, 1.807) is 6.92 Å². The van der Waals surface area contributed by atoms with Gasteiger partial charge in [0.05, 0.1) is 0 Å². The van der Waals surface area contributed by atoms with E-state index in [4.69, 9.17) is 9.47 Å². The van der Waals surface area contributed by atoms with Crippen molar-refractivity contribution in [2.24, 2.45) is 0 Å². The van der Waals surface area contributed by atoms with Gasteiger partial charge in [0.2, 0.25) is 0 Å². The molecule has 18 heavy (non-hydrogen) atoms. The highest BCUT2D eigenvalue weighted by Crippen LogP contribution is 2.14. The van der Waals surface area contributed by atoms with E-state index in [0.29, 0.717) is 6.42 Å². The van der Waals surface area contributed by atoms with Crippen molar-refractivity contribution in [1.82, 2.24) is 5.32 Å². The van der Waals surface area contributed by atoms with Gasteiger partial charge in [-0.2, -0.15) is 0 Å². The summed E-state index contributed by atoms with van der Waals surface area (Å²) in [7, 11) is 0. The van der Waals surface area contributed by atoms with Gasteiger partial charge in [0.1, 0.15) is 18.8 Å². The van der Waals surface area contributed by atoms with Gasteiger partial charge in [-0.05, 0) is 12.5 Å². The van der Waals surface area contributed by atoms with Crippen molar-refractivity contribution in [3.8, 4) is 0 Å². The zero-order chi connectivity index (χ0) is 13.0. The van der Waals surface area contributed by atoms with Crippen LogP contribution in [0.25, 0.3) is 0 Å². The summed E-state index contributed by atoms with van der Waals surface area (Å²) in [5.74, 6) is -0.404. The molecule has 96 valence electrons. The summed E-state index contributed by atoms with van der Waals surface area (Å²) in [4.78, 5) is 22.8. The molecule has 5 nitrogen and oxygen atoms in total. The third-order valence-electron chi connectivity index (χ3n) is 2.67. The Morgan fingerprint density at radius 1 is 1.44 bits per heavy atom. The largest absolute Gasteiger partial charge is 0.461 e. The molecule has 0 radical (unpaired) electrons. The minimum absolute atomic E-state index is 0.156. The average Bonchev–Trinajstić information content (AvgIpc) is 2.67. The number of benzene rings is 1. The van der Waals surface area contributed by atoms with Crippen molar-refractivity contribution in [3.63, 3.8) is 0 Å². The Morgan fingerprint density at radius 2 is 2.17 bits per heavy atom. The van der Waals surface area contributed by atoms with Crippen LogP contribution < -0.4 is 5.32 Å². The monoisotopic (exact) mass is 249 g/mol. The molecule has 0 aliphatic carbocycles. The summed E-state index contributed by atoms with van der Waals surface area (Å²) in [6, 6.07) is 8.75. The Kier molecular flexibility index (Phi) is 3.82. The van der Waals surface area contributed by atoms with Crippen LogP contribution in [0.3, 0.4) is 0 Å². The van der Waals surface area contributed by atoms with E-state index in [1.807, 2.05) is 30.3 Å². The number of carbonyl (C=O) groups excluding carboxylic acids is 2. The molecule has 1 aromatic carbocycles. The lowest BCUT2D eigenvalue weighted by atomic mass is 10.2. The third-order valence-corrected chi connectivity index (χ3v) is 2.67. The molecule has 0 saturated carbocycles. The van der Waals surface area contributed by atoms with Crippen LogP contribution in [0, 0.1) is 0 Å². The first-order valence-corrected chi connectivity index (χ1v) is 5.83. The molecular weight excluding hydrogens is 234 g/mol. The fourth-order valence-electron chi connectivity index (χ4n) is 1.78. The van der Waals surface area contributed by atoms with Gasteiger partial charge in [0.25, 0.3) is 0 Å². The van der Waals surface area contributed by atoms with E-state index in [9.17, 15) is 9.59 Å². The molecular formula is C13H15NO4. The van der Waals surface area contributed by atoms with Crippen molar-refractivity contribution < 1.29 is 19.1 Å². The lowest BCUT2D eigenvalue weighted by molar-refractivity contribution is -0.142. The minimum Gasteiger partial charge on any atom is -0.461 e. The highest BCUT2D eigenvalue weighted by molar-refractivity contribution is 5.82. The lowest BCUT2D eigenvalue weighted by Gasteiger charge is -2.09. The van der Waals surface area contributed by atoms with Gasteiger partial charge in [0.15, 0.2) is 0 Å². The Hall–Kier alpha value is -2.04. The predicted molar refractivity (Wildman–Crippen MR) is 63.7 cm³/mol. The van der Waals surface area contributed by atoms with Crippen molar-refractivity contribution in [2.75, 3.05) is 0 Å². The first kappa shape index (κ1) is 12.4. The molecule has 1 aliphatic heterocycles. The molecule has 1 fully saturated rings. The number of carbonyl (C=O) groups is 2. The lowest BCUT2D eigenvalue weighted by Crippen LogP contribution is -2.38. The summed E-state index contributed by atoms with van der Waals surface area (Å²) in [5.41, 5.74) is 0.898. The Labute approximate surface area is 105 Å². The third kappa shape index (κ3) is 3.23. The Morgan fingerprint density at radius 3 is 2.78 bits per heavy atom. The molecule has 2 rings (SSSR count). The number of ether oxygens (including phenoxy) is 2. The van der Waals surface area contributed by atoms with Gasteiger partial charge in [-0.15, -0.1) is 0 Å². The van der Waals surface area contributed by atoms with E-state index < -0.39 is 18.1 Å². The second-order valence-corrected chi connectivity index (χ2v) is 4.24. The Balaban J connectivity index is 1.77. The van der Waals surface area contributed by atoms with Crippen molar-refractivity contribution in [1.29, 1.82) is 0 Å². The number of esters is 1. The van der Waals surface area contributed by atoms with Crippen molar-refractivity contribution in [3.05, 3.63) is 35.9 Å². The van der Waals surface area contributed by atoms with Crippen LogP contribution >= 0.6 is 0 Å². The molecule has 1 heterocycles. The quantitative estimate of drug-likeness (QED) is 0.827. The highest BCUT2D eigenvalue weighted by Gasteiger charge is 2.33. The summed E-state index contributed by atoms with van der Waals surface area (Å²) >= 11 is 0. The molecule has 2 atom stereocenters. The number of rotatable bonds is 3. The van der Waals surface area contributed by atoms with Gasteiger partial charge in [0, 0.05) is 6.42 Å². The minimum atomic E-state index is -0.602. The standard InChI is InChI=1S/C13H15NO4/c1-9-7-11(12(15)18-9)14-13(16)17-8-10-5-3-2-4-6-10/h2-6,9,11H,7-8H2,1H3,(H,14,16)/t9-,11+/m0/s1. The molecule has 5 heteroatoms. The molecule has 0 bridgehead atoms. The number of alkyl carbamates (subject to hydrolysis) is 1. The van der Waals surface area contributed by atoms with Crippen LogP contribution in [0.2, 0.25) is 0 Å². The molecule has 1 N–H and O–H groups in total. The predicted octanol–water partition coefficient (Wildman–Crippen LogP) is 1.62. The summed E-state index contributed by atoms with van der Waals surface area (Å²) in [5, 5.41) is 2.49. The van der Waals surface area contributed by atoms with Crippen molar-refractivity contribution in [2.45, 2.75) is 32.1 Å². The van der Waals surface area contributed by atoms with E-state index >= 15 is 0 Å². The molecule has 0 spiro atoms. The molecule has 0 aromatic heterocycles. The molecule has 1 aromatic rings. The summed E-state index contributed by atoms with van der Waals surface area (Å²) in [6.45, 7) is 1.97. The zero-order valence-corrected chi connectivity index (χ0v) is 10.1. The van der Waals surface area contributed by atoms with Crippen LogP contribution in [-0.4, -0.2) is 24.2 Å². The number of amides is 1. The number of hydrogen-bond acceptors (Lipinski definition) is 4. The summed E-state index contributed by atoms with van der Waals surface area (Å²) in [6.07, 6.45) is -0.272. The highest BCUT2D eigenvalue weighted by atomic mass is 16.6. The maximum absolute atomic E-state index is 11.5. The number of hydrogen-bond donors (Lipinski definition) is 1. The number of cyclic esters (lactones) is 1. The van der Waals surface area contributed by atoms with Crippen LogP contribution in [0.1, 0.15) is 18.9 Å². The molecule has 1 saturated heterocycles. The first-order valence-electron chi connectivity index (χ1n) is 5.83. The maximum Gasteiger partial charge on any atom is 0.408 e. The average molecular weight is 249 g/mol. The smallest absolute Gasteiger partial charge is 0.408 e. The van der Waals surface area contributed by atoms with Crippen LogP contribution in [0.5, 0.6) is 0 Å². The number of nitrogens with one attached hydrogen (secondary N) is 1. The van der Waals surface area contributed by atoms with Crippen LogP contribution in [0.4, 0.5) is 4.79 Å². The molecule has 0 unspecified atom stereocenters. The van der Waals surface area contributed by atoms with Gasteiger partial charge in [-0.3, -0.25) is 0 Å². The van der Waals surface area contributed by atoms with Crippen LogP contribution in [-0.2, 0) is 20.9 Å². The van der Waals surface area contributed by atoms with Gasteiger partial charge in [-0.1, -0.05) is 30.3 Å². The van der Waals surface area contributed by atoms with Gasteiger partial charge >= 0.3 is 12.1 Å². The van der Waals surface area contributed by atoms with Gasteiger partial charge < -0.3 is 14.8 Å². The SMILES string of the molecule is C[C@H]1C[C@@H](NC(=O)OCc2ccccc2)C(=O)O1. The van der Waals surface area contributed by atoms with E-state index in [2.05, 4.69) is 5.32 Å². The topological polar surface area (TPSA) is 64.6 Å². The van der Waals surface area contributed by atoms with E-state index in [0.717, 1.165) is 5.56 Å². The van der Waals surface area contributed by atoms with Crippen molar-refractivity contribution >= 4 is 12.1 Å². The van der Waals surface area contributed by atoms with E-state index in [-0.39, 0.29) is 12.7 Å². The first-order chi connectivity index (χ1) is 8.65. The van der Waals surface area contributed by atoms with Gasteiger partial charge in [-0.25, -0.2) is 9.59 Å². The maximum atomic E-state index is 11.5. The second kappa shape index (κ2) is 5.53. The summed E-state index contributed by atoms with van der Waals surface area (Å²) < 4.78 is 9.94.